The number of aromatic nitrogens is 2. The molecule has 1 aromatic heterocycles. The molecule has 0 fully saturated rings. The molecule has 0 saturated carbocycles. The van der Waals surface area contributed by atoms with Gasteiger partial charge in [0.15, 0.2) is 0 Å². The molecule has 0 aliphatic rings. The van der Waals surface area contributed by atoms with Gasteiger partial charge in [-0.1, -0.05) is 23.7 Å². The van der Waals surface area contributed by atoms with Crippen LogP contribution in [0, 0.1) is 0 Å². The summed E-state index contributed by atoms with van der Waals surface area (Å²) < 4.78 is 7.51. The molecule has 96 valence electrons. The Balaban J connectivity index is 2.55. The number of nitrogens with zero attached hydrogens (tertiary/aromatic N) is 2. The summed E-state index contributed by atoms with van der Waals surface area (Å²) in [4.78, 5) is 0. The average molecular weight is 332 g/mol. The van der Waals surface area contributed by atoms with Crippen LogP contribution in [0.3, 0.4) is 0 Å². The van der Waals surface area contributed by atoms with Gasteiger partial charge in [0.2, 0.25) is 0 Å². The Kier molecular flexibility index (Phi) is 4.40. The van der Waals surface area contributed by atoms with Gasteiger partial charge in [-0.2, -0.15) is 5.10 Å². The van der Waals surface area contributed by atoms with Crippen LogP contribution >= 0.6 is 27.5 Å². The molecule has 0 spiro atoms. The number of methoxy groups -OCH3 is 1. The molecule has 0 atom stereocenters. The maximum atomic E-state index is 9.35. The molecular formula is C12H12BrClN2O2. The first-order valence-electron chi connectivity index (χ1n) is 5.30. The second-order valence-corrected chi connectivity index (χ2v) is 4.88. The van der Waals surface area contributed by atoms with Crippen LogP contribution in [0.2, 0.25) is 5.15 Å². The second kappa shape index (κ2) is 5.84. The predicted molar refractivity (Wildman–Crippen MR) is 72.9 cm³/mol. The van der Waals surface area contributed by atoms with Crippen molar-refractivity contribution in [1.29, 1.82) is 0 Å². The quantitative estimate of drug-likeness (QED) is 0.937. The van der Waals surface area contributed by atoms with Gasteiger partial charge in [0.25, 0.3) is 0 Å². The van der Waals surface area contributed by atoms with E-state index in [0.717, 1.165) is 10.2 Å². The number of aliphatic hydroxyl groups is 1. The zero-order valence-corrected chi connectivity index (χ0v) is 12.1. The number of ether oxygens (including phenoxy) is 1. The molecule has 2 rings (SSSR count). The van der Waals surface area contributed by atoms with Crippen LogP contribution in [0.5, 0.6) is 0 Å². The zero-order chi connectivity index (χ0) is 13.1. The second-order valence-electron chi connectivity index (χ2n) is 3.67. The van der Waals surface area contributed by atoms with E-state index >= 15 is 0 Å². The lowest BCUT2D eigenvalue weighted by atomic mass is 10.2. The first-order chi connectivity index (χ1) is 8.69. The lowest BCUT2D eigenvalue weighted by Gasteiger charge is -2.05. The normalized spacial score (nSPS) is 10.9. The molecule has 2 aromatic rings. The molecule has 0 aliphatic heterocycles. The molecular weight excluding hydrogens is 320 g/mol. The molecule has 1 aromatic carbocycles. The minimum Gasteiger partial charge on any atom is -0.391 e. The monoisotopic (exact) mass is 330 g/mol. The van der Waals surface area contributed by atoms with Crippen LogP contribution in [0.1, 0.15) is 11.3 Å². The summed E-state index contributed by atoms with van der Waals surface area (Å²) in [7, 11) is 1.58. The highest BCUT2D eigenvalue weighted by molar-refractivity contribution is 9.10. The fourth-order valence-electron chi connectivity index (χ4n) is 1.66. The third kappa shape index (κ3) is 2.44. The van der Waals surface area contributed by atoms with E-state index in [-0.39, 0.29) is 6.61 Å². The molecule has 6 heteroatoms. The smallest absolute Gasteiger partial charge is 0.138 e. The van der Waals surface area contributed by atoms with Gasteiger partial charge in [-0.05, 0) is 28.1 Å². The standard InChI is InChI=1S/C12H12BrClN2O2/c1-18-7-10-8(6-17)12(14)16(15-10)11-5-3-2-4-9(11)13/h2-5,17H,6-7H2,1H3. The van der Waals surface area contributed by atoms with E-state index in [0.29, 0.717) is 23.0 Å². The highest BCUT2D eigenvalue weighted by Crippen LogP contribution is 2.28. The van der Waals surface area contributed by atoms with Gasteiger partial charge in [0.1, 0.15) is 5.15 Å². The maximum Gasteiger partial charge on any atom is 0.138 e. The van der Waals surface area contributed by atoms with Gasteiger partial charge in [0.05, 0.1) is 24.6 Å². The van der Waals surface area contributed by atoms with Gasteiger partial charge in [-0.15, -0.1) is 0 Å². The lowest BCUT2D eigenvalue weighted by molar-refractivity contribution is 0.178. The summed E-state index contributed by atoms with van der Waals surface area (Å²) in [6.07, 6.45) is 0. The van der Waals surface area contributed by atoms with Crippen LogP contribution in [0.25, 0.3) is 5.69 Å². The van der Waals surface area contributed by atoms with E-state index in [4.69, 9.17) is 16.3 Å². The molecule has 0 unspecified atom stereocenters. The first kappa shape index (κ1) is 13.5. The molecule has 4 nitrogen and oxygen atoms in total. The number of hydrogen-bond acceptors (Lipinski definition) is 3. The summed E-state index contributed by atoms with van der Waals surface area (Å²) in [6.45, 7) is 0.148. The van der Waals surface area contributed by atoms with Crippen molar-refractivity contribution in [2.24, 2.45) is 0 Å². The number of para-hydroxylation sites is 1. The highest BCUT2D eigenvalue weighted by Gasteiger charge is 2.17. The van der Waals surface area contributed by atoms with Gasteiger partial charge in [0, 0.05) is 17.1 Å². The Morgan fingerprint density at radius 3 is 2.78 bits per heavy atom. The van der Waals surface area contributed by atoms with Crippen molar-refractivity contribution in [2.45, 2.75) is 13.2 Å². The minimum atomic E-state index is -0.165. The Morgan fingerprint density at radius 1 is 1.44 bits per heavy atom. The zero-order valence-electron chi connectivity index (χ0n) is 9.73. The van der Waals surface area contributed by atoms with Crippen molar-refractivity contribution in [1.82, 2.24) is 9.78 Å². The Hall–Kier alpha value is -0.880. The van der Waals surface area contributed by atoms with Crippen molar-refractivity contribution in [2.75, 3.05) is 7.11 Å². The number of rotatable bonds is 4. The largest absolute Gasteiger partial charge is 0.391 e. The van der Waals surface area contributed by atoms with Crippen LogP contribution in [0.15, 0.2) is 28.7 Å². The summed E-state index contributed by atoms with van der Waals surface area (Å²) in [5, 5.41) is 14.1. The van der Waals surface area contributed by atoms with Crippen molar-refractivity contribution in [3.63, 3.8) is 0 Å². The van der Waals surface area contributed by atoms with Crippen LogP contribution < -0.4 is 0 Å². The maximum absolute atomic E-state index is 9.35. The van der Waals surface area contributed by atoms with E-state index in [9.17, 15) is 5.11 Å². The number of halogens is 2. The van der Waals surface area contributed by atoms with E-state index in [2.05, 4.69) is 21.0 Å². The number of aliphatic hydroxyl groups excluding tert-OH is 1. The van der Waals surface area contributed by atoms with E-state index in [1.54, 1.807) is 11.8 Å². The van der Waals surface area contributed by atoms with Crippen molar-refractivity contribution >= 4 is 27.5 Å². The average Bonchev–Trinajstić information content (AvgIpc) is 2.67. The highest BCUT2D eigenvalue weighted by atomic mass is 79.9. The lowest BCUT2D eigenvalue weighted by Crippen LogP contribution is -1.98. The number of benzene rings is 1. The predicted octanol–water partition coefficient (Wildman–Crippen LogP) is 2.93. The van der Waals surface area contributed by atoms with Gasteiger partial charge < -0.3 is 9.84 Å². The van der Waals surface area contributed by atoms with E-state index < -0.39 is 0 Å². The van der Waals surface area contributed by atoms with Crippen LogP contribution in [-0.4, -0.2) is 22.0 Å². The molecule has 0 amide bonds. The Morgan fingerprint density at radius 2 is 2.17 bits per heavy atom. The molecule has 0 bridgehead atoms. The van der Waals surface area contributed by atoms with Crippen molar-refractivity contribution in [3.8, 4) is 5.69 Å². The fraction of sp³-hybridized carbons (Fsp3) is 0.250. The Bertz CT molecular complexity index is 557. The van der Waals surface area contributed by atoms with Gasteiger partial charge >= 0.3 is 0 Å². The molecule has 0 radical (unpaired) electrons. The SMILES string of the molecule is COCc1nn(-c2ccccc2Br)c(Cl)c1CO. The molecule has 0 saturated heterocycles. The summed E-state index contributed by atoms with van der Waals surface area (Å²) in [6, 6.07) is 7.60. The summed E-state index contributed by atoms with van der Waals surface area (Å²) in [5.41, 5.74) is 2.05. The third-order valence-corrected chi connectivity index (χ3v) is 3.58. The first-order valence-corrected chi connectivity index (χ1v) is 6.47. The number of hydrogen-bond donors (Lipinski definition) is 1. The topological polar surface area (TPSA) is 47.3 Å². The third-order valence-electron chi connectivity index (χ3n) is 2.52. The molecule has 0 aliphatic carbocycles. The minimum absolute atomic E-state index is 0.165. The van der Waals surface area contributed by atoms with Gasteiger partial charge in [-0.3, -0.25) is 0 Å². The summed E-state index contributed by atoms with van der Waals surface area (Å²) >= 11 is 9.68. The van der Waals surface area contributed by atoms with Crippen LogP contribution in [-0.2, 0) is 18.0 Å². The van der Waals surface area contributed by atoms with E-state index in [1.807, 2.05) is 24.3 Å². The Labute approximate surface area is 118 Å². The summed E-state index contributed by atoms with van der Waals surface area (Å²) in [5.74, 6) is 0. The molecule has 18 heavy (non-hydrogen) atoms. The van der Waals surface area contributed by atoms with Gasteiger partial charge in [-0.25, -0.2) is 4.68 Å². The van der Waals surface area contributed by atoms with Crippen molar-refractivity contribution in [3.05, 3.63) is 45.1 Å². The fourth-order valence-corrected chi connectivity index (χ4v) is 2.41. The molecule has 1 heterocycles. The van der Waals surface area contributed by atoms with E-state index in [1.165, 1.54) is 0 Å². The van der Waals surface area contributed by atoms with Crippen LogP contribution in [0.4, 0.5) is 0 Å². The van der Waals surface area contributed by atoms with Crippen molar-refractivity contribution < 1.29 is 9.84 Å². The molecule has 1 N–H and O–H groups in total.